The van der Waals surface area contributed by atoms with E-state index in [0.29, 0.717) is 22.8 Å². The summed E-state index contributed by atoms with van der Waals surface area (Å²) in [6, 6.07) is 13.1. The Morgan fingerprint density at radius 2 is 1.96 bits per heavy atom. The monoisotopic (exact) mass is 371 g/mol. The second-order valence-electron chi connectivity index (χ2n) is 5.11. The Balaban J connectivity index is 2.29. The van der Waals surface area contributed by atoms with Crippen molar-refractivity contribution in [1.82, 2.24) is 0 Å². The Kier molecular flexibility index (Phi) is 3.89. The summed E-state index contributed by atoms with van der Waals surface area (Å²) >= 11 is 3.46. The van der Waals surface area contributed by atoms with Crippen LogP contribution in [0.4, 0.5) is 5.69 Å². The van der Waals surface area contributed by atoms with Gasteiger partial charge in [0.05, 0.1) is 13.0 Å². The van der Waals surface area contributed by atoms with Gasteiger partial charge >= 0.3 is 0 Å². The van der Waals surface area contributed by atoms with Crippen molar-refractivity contribution in [2.75, 3.05) is 12.8 Å². The van der Waals surface area contributed by atoms with E-state index in [1.807, 2.05) is 24.3 Å². The normalized spacial score (nSPS) is 16.3. The van der Waals surface area contributed by atoms with E-state index < -0.39 is 0 Å². The van der Waals surface area contributed by atoms with Crippen molar-refractivity contribution in [1.29, 1.82) is 5.26 Å². The molecule has 0 aliphatic carbocycles. The van der Waals surface area contributed by atoms with Crippen molar-refractivity contribution in [3.05, 3.63) is 63.5 Å². The van der Waals surface area contributed by atoms with Crippen molar-refractivity contribution >= 4 is 21.6 Å². The lowest BCUT2D eigenvalue weighted by Crippen LogP contribution is -2.21. The van der Waals surface area contributed by atoms with Crippen LogP contribution in [0.2, 0.25) is 0 Å². The van der Waals surface area contributed by atoms with Gasteiger partial charge in [-0.25, -0.2) is 0 Å². The first kappa shape index (κ1) is 15.3. The fraction of sp³-hybridized carbons (Fsp3) is 0.118. The number of allylic oxidation sites excluding steroid dienone is 1. The lowest BCUT2D eigenvalue weighted by atomic mass is 9.83. The number of methoxy groups -OCH3 is 1. The topological polar surface area (TPSA) is 94.3 Å². The number of nitrogens with two attached hydrogens (primary N) is 2. The van der Waals surface area contributed by atoms with Crippen molar-refractivity contribution in [3.8, 4) is 17.6 Å². The minimum absolute atomic E-state index is 0.0811. The zero-order valence-corrected chi connectivity index (χ0v) is 13.9. The van der Waals surface area contributed by atoms with Crippen molar-refractivity contribution in [2.24, 2.45) is 5.73 Å². The molecule has 4 N–H and O–H groups in total. The number of hydrogen-bond acceptors (Lipinski definition) is 5. The molecule has 0 radical (unpaired) electrons. The maximum atomic E-state index is 9.56. The number of hydrogen-bond donors (Lipinski definition) is 2. The molecule has 0 bridgehead atoms. The fourth-order valence-corrected chi connectivity index (χ4v) is 3.10. The van der Waals surface area contributed by atoms with Crippen LogP contribution in [0.5, 0.6) is 11.5 Å². The smallest absolute Gasteiger partial charge is 0.205 e. The Bertz CT molecular complexity index is 855. The van der Waals surface area contributed by atoms with E-state index in [-0.39, 0.29) is 11.8 Å². The fourth-order valence-electron chi connectivity index (χ4n) is 2.72. The third-order valence-electron chi connectivity index (χ3n) is 3.75. The van der Waals surface area contributed by atoms with Crippen LogP contribution in [0, 0.1) is 11.3 Å². The van der Waals surface area contributed by atoms with E-state index >= 15 is 0 Å². The van der Waals surface area contributed by atoms with Crippen LogP contribution in [0.15, 0.2) is 52.3 Å². The molecule has 0 spiro atoms. The summed E-state index contributed by atoms with van der Waals surface area (Å²) in [7, 11) is 1.59. The molecule has 2 aromatic carbocycles. The first-order valence-electron chi connectivity index (χ1n) is 6.85. The van der Waals surface area contributed by atoms with Gasteiger partial charge in [0.25, 0.3) is 0 Å². The average molecular weight is 372 g/mol. The molecule has 0 aromatic heterocycles. The van der Waals surface area contributed by atoms with Gasteiger partial charge in [-0.1, -0.05) is 22.0 Å². The van der Waals surface area contributed by atoms with Crippen LogP contribution in [0.3, 0.4) is 0 Å². The lowest BCUT2D eigenvalue weighted by molar-refractivity contribution is 0.387. The lowest BCUT2D eigenvalue weighted by Gasteiger charge is -2.27. The molecule has 116 valence electrons. The molecule has 23 heavy (non-hydrogen) atoms. The Hall–Kier alpha value is -2.65. The van der Waals surface area contributed by atoms with Gasteiger partial charge in [0, 0.05) is 27.4 Å². The van der Waals surface area contributed by atoms with Gasteiger partial charge in [-0.15, -0.1) is 0 Å². The second kappa shape index (κ2) is 5.86. The predicted molar refractivity (Wildman–Crippen MR) is 90.8 cm³/mol. The number of rotatable bonds is 2. The number of ether oxygens (including phenoxy) is 2. The number of nitrogens with zero attached hydrogens (tertiary/aromatic N) is 1. The number of nitrogen functional groups attached to an aromatic ring is 1. The van der Waals surface area contributed by atoms with Gasteiger partial charge < -0.3 is 20.9 Å². The highest BCUT2D eigenvalue weighted by Crippen LogP contribution is 2.45. The molecule has 1 heterocycles. The second-order valence-corrected chi connectivity index (χ2v) is 6.02. The molecule has 0 fully saturated rings. The highest BCUT2D eigenvalue weighted by atomic mass is 79.9. The molecule has 3 rings (SSSR count). The summed E-state index contributed by atoms with van der Waals surface area (Å²) in [4.78, 5) is 0. The van der Waals surface area contributed by atoms with Crippen LogP contribution >= 0.6 is 15.9 Å². The summed E-state index contributed by atoms with van der Waals surface area (Å²) < 4.78 is 11.9. The van der Waals surface area contributed by atoms with Gasteiger partial charge in [0.1, 0.15) is 23.1 Å². The zero-order valence-electron chi connectivity index (χ0n) is 12.3. The summed E-state index contributed by atoms with van der Waals surface area (Å²) in [6.45, 7) is 0. The van der Waals surface area contributed by atoms with Crippen molar-refractivity contribution in [2.45, 2.75) is 5.92 Å². The standard InChI is InChI=1S/C17H14BrN3O2/c1-22-14-5-2-9(18)6-12(14)16-11-4-3-10(20)7-15(11)23-17(21)13(16)8-19/h2-7,16H,20-21H2,1H3. The molecule has 1 unspecified atom stereocenters. The summed E-state index contributed by atoms with van der Waals surface area (Å²) in [6.07, 6.45) is 0. The highest BCUT2D eigenvalue weighted by molar-refractivity contribution is 9.10. The van der Waals surface area contributed by atoms with E-state index in [1.54, 1.807) is 19.2 Å². The maximum Gasteiger partial charge on any atom is 0.205 e. The molecule has 6 heteroatoms. The van der Waals surface area contributed by atoms with Gasteiger partial charge in [0.2, 0.25) is 5.88 Å². The molecule has 0 saturated heterocycles. The molecular formula is C17H14BrN3O2. The number of anilines is 1. The van der Waals surface area contributed by atoms with Crippen LogP contribution in [0.1, 0.15) is 17.0 Å². The van der Waals surface area contributed by atoms with Gasteiger partial charge in [0.15, 0.2) is 0 Å². The summed E-state index contributed by atoms with van der Waals surface area (Å²) in [5, 5.41) is 9.56. The number of halogens is 1. The Morgan fingerprint density at radius 3 is 2.65 bits per heavy atom. The van der Waals surface area contributed by atoms with E-state index in [0.717, 1.165) is 15.6 Å². The average Bonchev–Trinajstić information content (AvgIpc) is 2.53. The molecule has 2 aromatic rings. The molecule has 1 atom stereocenters. The summed E-state index contributed by atoms with van der Waals surface area (Å²) in [5.41, 5.74) is 14.3. The highest BCUT2D eigenvalue weighted by Gasteiger charge is 2.32. The first-order chi connectivity index (χ1) is 11.0. The maximum absolute atomic E-state index is 9.56. The summed E-state index contributed by atoms with van der Waals surface area (Å²) in [5.74, 6) is 0.923. The minimum atomic E-state index is -0.378. The molecule has 1 aliphatic heterocycles. The van der Waals surface area contributed by atoms with E-state index in [9.17, 15) is 5.26 Å². The van der Waals surface area contributed by atoms with Gasteiger partial charge in [-0.3, -0.25) is 0 Å². The SMILES string of the molecule is COc1ccc(Br)cc1C1C(C#N)=C(N)Oc2cc(N)ccc21. The number of benzene rings is 2. The van der Waals surface area contributed by atoms with Crippen molar-refractivity contribution < 1.29 is 9.47 Å². The molecule has 0 amide bonds. The first-order valence-corrected chi connectivity index (χ1v) is 7.65. The van der Waals surface area contributed by atoms with E-state index in [4.69, 9.17) is 20.9 Å². The third kappa shape index (κ3) is 2.60. The van der Waals surface area contributed by atoms with E-state index in [2.05, 4.69) is 22.0 Å². The van der Waals surface area contributed by atoms with Gasteiger partial charge in [-0.2, -0.15) is 5.26 Å². The quantitative estimate of drug-likeness (QED) is 0.790. The minimum Gasteiger partial charge on any atom is -0.496 e. The van der Waals surface area contributed by atoms with Gasteiger partial charge in [-0.05, 0) is 24.3 Å². The molecular weight excluding hydrogens is 358 g/mol. The Labute approximate surface area is 142 Å². The zero-order chi connectivity index (χ0) is 16.6. The largest absolute Gasteiger partial charge is 0.496 e. The van der Waals surface area contributed by atoms with Crippen LogP contribution in [-0.2, 0) is 0 Å². The van der Waals surface area contributed by atoms with Crippen LogP contribution in [0.25, 0.3) is 0 Å². The molecule has 0 saturated carbocycles. The third-order valence-corrected chi connectivity index (χ3v) is 4.24. The number of fused-ring (bicyclic) bond motifs is 1. The van der Waals surface area contributed by atoms with Crippen LogP contribution in [-0.4, -0.2) is 7.11 Å². The van der Waals surface area contributed by atoms with E-state index in [1.165, 1.54) is 0 Å². The molecule has 5 nitrogen and oxygen atoms in total. The molecule has 1 aliphatic rings. The Morgan fingerprint density at radius 1 is 1.17 bits per heavy atom. The van der Waals surface area contributed by atoms with Crippen molar-refractivity contribution in [3.63, 3.8) is 0 Å². The van der Waals surface area contributed by atoms with Crippen LogP contribution < -0.4 is 20.9 Å². The predicted octanol–water partition coefficient (Wildman–Crippen LogP) is 3.26. The number of nitriles is 1.